The van der Waals surface area contributed by atoms with Gasteiger partial charge in [-0.25, -0.2) is 4.39 Å². The third kappa shape index (κ3) is 3.07. The van der Waals surface area contributed by atoms with Crippen LogP contribution in [0.2, 0.25) is 0 Å². The van der Waals surface area contributed by atoms with Crippen molar-refractivity contribution in [2.75, 3.05) is 5.32 Å². The normalized spacial score (nSPS) is 13.2. The minimum absolute atomic E-state index is 0.239. The summed E-state index contributed by atoms with van der Waals surface area (Å²) in [5.74, 6) is -0.239. The van der Waals surface area contributed by atoms with Crippen LogP contribution in [0.4, 0.5) is 15.8 Å². The topological polar surface area (TPSA) is 12.0 Å². The predicted molar refractivity (Wildman–Crippen MR) is 133 cm³/mol. The minimum Gasteiger partial charge on any atom is -0.356 e. The van der Waals surface area contributed by atoms with Crippen LogP contribution in [0.15, 0.2) is 127 Å². The van der Waals surface area contributed by atoms with Gasteiger partial charge in [0.2, 0.25) is 0 Å². The molecule has 1 nitrogen and oxygen atoms in total. The molecule has 6 rings (SSSR count). The fourth-order valence-electron chi connectivity index (χ4n) is 5.24. The number of rotatable bonds is 4. The van der Waals surface area contributed by atoms with Gasteiger partial charge in [-0.1, -0.05) is 91.0 Å². The average molecular weight is 428 g/mol. The summed E-state index contributed by atoms with van der Waals surface area (Å²) >= 11 is 0. The molecule has 0 bridgehead atoms. The fourth-order valence-corrected chi connectivity index (χ4v) is 5.24. The van der Waals surface area contributed by atoms with Crippen LogP contribution in [0.3, 0.4) is 0 Å². The zero-order valence-electron chi connectivity index (χ0n) is 18.0. The molecule has 2 heteroatoms. The SMILES string of the molecule is Fc1ccc(Nc2cccc(C3(c4ccccc4)c4ccccc4-c4ccccc43)c2)cc1. The Morgan fingerprint density at radius 2 is 1.06 bits per heavy atom. The van der Waals surface area contributed by atoms with E-state index in [0.29, 0.717) is 0 Å². The van der Waals surface area contributed by atoms with Crippen molar-refractivity contribution in [3.8, 4) is 11.1 Å². The van der Waals surface area contributed by atoms with E-state index in [-0.39, 0.29) is 5.82 Å². The number of fused-ring (bicyclic) bond motifs is 3. The maximum absolute atomic E-state index is 13.4. The Labute approximate surface area is 193 Å². The number of benzene rings is 5. The lowest BCUT2D eigenvalue weighted by atomic mass is 9.67. The Kier molecular flexibility index (Phi) is 4.58. The molecule has 1 N–H and O–H groups in total. The standard InChI is InChI=1S/C31H22FN/c32-24-17-19-25(20-18-24)33-26-12-8-11-23(21-26)31(22-9-2-1-3-10-22)29-15-6-4-13-27(29)28-14-5-7-16-30(28)31/h1-21,33H. The van der Waals surface area contributed by atoms with Gasteiger partial charge >= 0.3 is 0 Å². The van der Waals surface area contributed by atoms with Gasteiger partial charge in [-0.3, -0.25) is 0 Å². The molecule has 158 valence electrons. The summed E-state index contributed by atoms with van der Waals surface area (Å²) < 4.78 is 13.4. The van der Waals surface area contributed by atoms with Gasteiger partial charge in [-0.05, 0) is 69.8 Å². The van der Waals surface area contributed by atoms with Crippen LogP contribution in [0.25, 0.3) is 11.1 Å². The van der Waals surface area contributed by atoms with Crippen LogP contribution in [-0.4, -0.2) is 0 Å². The maximum Gasteiger partial charge on any atom is 0.123 e. The number of hydrogen-bond donors (Lipinski definition) is 1. The molecule has 0 amide bonds. The summed E-state index contributed by atoms with van der Waals surface area (Å²) in [4.78, 5) is 0. The lowest BCUT2D eigenvalue weighted by Gasteiger charge is -2.34. The Bertz CT molecular complexity index is 1390. The second-order valence-corrected chi connectivity index (χ2v) is 8.42. The van der Waals surface area contributed by atoms with Gasteiger partial charge < -0.3 is 5.32 Å². The summed E-state index contributed by atoms with van der Waals surface area (Å²) in [6, 6.07) is 43.2. The van der Waals surface area contributed by atoms with Crippen LogP contribution < -0.4 is 5.32 Å². The third-order valence-electron chi connectivity index (χ3n) is 6.59. The Hall–Kier alpha value is -4.17. The molecule has 0 aromatic heterocycles. The molecule has 0 heterocycles. The second kappa shape index (κ2) is 7.75. The molecule has 0 aliphatic heterocycles. The van der Waals surface area contributed by atoms with Crippen LogP contribution in [0, 0.1) is 5.82 Å². The molecule has 1 aliphatic carbocycles. The van der Waals surface area contributed by atoms with E-state index in [4.69, 9.17) is 0 Å². The van der Waals surface area contributed by atoms with Gasteiger partial charge in [0.05, 0.1) is 5.41 Å². The molecule has 0 unspecified atom stereocenters. The zero-order valence-corrected chi connectivity index (χ0v) is 18.0. The van der Waals surface area contributed by atoms with Crippen molar-refractivity contribution in [2.45, 2.75) is 5.41 Å². The smallest absolute Gasteiger partial charge is 0.123 e. The highest BCUT2D eigenvalue weighted by Gasteiger charge is 2.45. The number of halogens is 1. The largest absolute Gasteiger partial charge is 0.356 e. The lowest BCUT2D eigenvalue weighted by molar-refractivity contribution is 0.628. The number of anilines is 2. The molecular formula is C31H22FN. The van der Waals surface area contributed by atoms with Crippen molar-refractivity contribution in [1.29, 1.82) is 0 Å². The van der Waals surface area contributed by atoms with E-state index in [1.165, 1.54) is 45.5 Å². The van der Waals surface area contributed by atoms with Gasteiger partial charge in [0.25, 0.3) is 0 Å². The van der Waals surface area contributed by atoms with Gasteiger partial charge in [-0.2, -0.15) is 0 Å². The maximum atomic E-state index is 13.4. The first-order valence-corrected chi connectivity index (χ1v) is 11.1. The summed E-state index contributed by atoms with van der Waals surface area (Å²) in [6.45, 7) is 0. The van der Waals surface area contributed by atoms with Crippen molar-refractivity contribution in [3.63, 3.8) is 0 Å². The monoisotopic (exact) mass is 427 g/mol. The Morgan fingerprint density at radius 1 is 0.485 bits per heavy atom. The van der Waals surface area contributed by atoms with E-state index in [1.54, 1.807) is 12.1 Å². The van der Waals surface area contributed by atoms with Crippen LogP contribution in [0.1, 0.15) is 22.3 Å². The summed E-state index contributed by atoms with van der Waals surface area (Å²) in [7, 11) is 0. The van der Waals surface area contributed by atoms with Crippen LogP contribution in [0.5, 0.6) is 0 Å². The quantitative estimate of drug-likeness (QED) is 0.301. The van der Waals surface area contributed by atoms with Crippen molar-refractivity contribution >= 4 is 11.4 Å². The van der Waals surface area contributed by atoms with Gasteiger partial charge in [0.1, 0.15) is 5.82 Å². The highest BCUT2D eigenvalue weighted by molar-refractivity contribution is 5.86. The van der Waals surface area contributed by atoms with E-state index >= 15 is 0 Å². The molecule has 0 saturated carbocycles. The molecule has 1 aliphatic rings. The Morgan fingerprint density at radius 3 is 1.73 bits per heavy atom. The predicted octanol–water partition coefficient (Wildman–Crippen LogP) is 7.93. The summed E-state index contributed by atoms with van der Waals surface area (Å²) in [5, 5.41) is 3.44. The molecule has 0 spiro atoms. The highest BCUT2D eigenvalue weighted by Crippen LogP contribution is 2.56. The van der Waals surface area contributed by atoms with Crippen LogP contribution >= 0.6 is 0 Å². The molecule has 33 heavy (non-hydrogen) atoms. The van der Waals surface area contributed by atoms with E-state index in [2.05, 4.69) is 108 Å². The first-order chi connectivity index (χ1) is 16.3. The van der Waals surface area contributed by atoms with Gasteiger partial charge in [0, 0.05) is 11.4 Å². The van der Waals surface area contributed by atoms with Gasteiger partial charge in [-0.15, -0.1) is 0 Å². The average Bonchev–Trinajstić information content (AvgIpc) is 3.18. The molecule has 0 radical (unpaired) electrons. The lowest BCUT2D eigenvalue weighted by Crippen LogP contribution is -2.28. The van der Waals surface area contributed by atoms with Crippen molar-refractivity contribution in [1.82, 2.24) is 0 Å². The molecule has 5 aromatic carbocycles. The van der Waals surface area contributed by atoms with E-state index < -0.39 is 5.41 Å². The van der Waals surface area contributed by atoms with E-state index in [0.717, 1.165) is 11.4 Å². The van der Waals surface area contributed by atoms with E-state index in [1.807, 2.05) is 0 Å². The molecule has 0 atom stereocenters. The van der Waals surface area contributed by atoms with Gasteiger partial charge in [0.15, 0.2) is 0 Å². The highest BCUT2D eigenvalue weighted by atomic mass is 19.1. The second-order valence-electron chi connectivity index (χ2n) is 8.42. The fraction of sp³-hybridized carbons (Fsp3) is 0.0323. The zero-order chi connectivity index (χ0) is 22.3. The molecule has 0 saturated heterocycles. The summed E-state index contributed by atoms with van der Waals surface area (Å²) in [5.41, 5.74) is 8.95. The molecular weight excluding hydrogens is 405 g/mol. The first kappa shape index (κ1) is 19.5. The third-order valence-corrected chi connectivity index (χ3v) is 6.59. The van der Waals surface area contributed by atoms with Crippen LogP contribution in [-0.2, 0) is 5.41 Å². The number of hydrogen-bond acceptors (Lipinski definition) is 1. The van der Waals surface area contributed by atoms with Crippen molar-refractivity contribution < 1.29 is 4.39 Å². The van der Waals surface area contributed by atoms with E-state index in [9.17, 15) is 4.39 Å². The van der Waals surface area contributed by atoms with Crippen molar-refractivity contribution in [3.05, 3.63) is 155 Å². The number of nitrogens with one attached hydrogen (secondary N) is 1. The Balaban J connectivity index is 1.60. The molecule has 5 aromatic rings. The minimum atomic E-state index is -0.422. The van der Waals surface area contributed by atoms with Crippen molar-refractivity contribution in [2.24, 2.45) is 0 Å². The molecule has 0 fully saturated rings. The first-order valence-electron chi connectivity index (χ1n) is 11.1. The summed E-state index contributed by atoms with van der Waals surface area (Å²) in [6.07, 6.45) is 0.